The van der Waals surface area contributed by atoms with E-state index in [1.165, 1.54) is 27.4 Å². The first-order valence-corrected chi connectivity index (χ1v) is 8.83. The van der Waals surface area contributed by atoms with Crippen LogP contribution in [0.5, 0.6) is 11.5 Å². The van der Waals surface area contributed by atoms with Crippen molar-refractivity contribution in [2.45, 2.75) is 18.9 Å². The van der Waals surface area contributed by atoms with Gasteiger partial charge in [-0.25, -0.2) is 9.48 Å². The number of thiol groups is 1. The Balaban J connectivity index is 2.07. The van der Waals surface area contributed by atoms with Crippen molar-refractivity contribution in [1.29, 1.82) is 0 Å². The van der Waals surface area contributed by atoms with Gasteiger partial charge < -0.3 is 15.9 Å². The smallest absolute Gasteiger partial charge is 0.323 e. The first kappa shape index (κ1) is 17.9. The average molecular weight is 395 g/mol. The van der Waals surface area contributed by atoms with E-state index in [0.717, 1.165) is 22.2 Å². The van der Waals surface area contributed by atoms with Gasteiger partial charge in [-0.3, -0.25) is 4.57 Å². The Morgan fingerprint density at radius 2 is 1.93 bits per heavy atom. The molecule has 4 N–H and O–H groups in total. The molecule has 0 radical (unpaired) electrons. The number of amides is 1. The molecule has 4 rings (SSSR count). The molecule has 4 aromatic rings. The number of hydrogen-bond donors (Lipinski definition) is 4. The van der Waals surface area contributed by atoms with E-state index in [-0.39, 0.29) is 11.5 Å². The maximum Gasteiger partial charge on any atom is 0.323 e. The molecule has 1 amide bonds. The van der Waals surface area contributed by atoms with E-state index in [2.05, 4.69) is 22.9 Å². The molecule has 9 heteroatoms. The zero-order valence-corrected chi connectivity index (χ0v) is 16.0. The molecule has 0 atom stereocenters. The van der Waals surface area contributed by atoms with Crippen molar-refractivity contribution in [1.82, 2.24) is 19.6 Å². The van der Waals surface area contributed by atoms with Gasteiger partial charge in [0.25, 0.3) is 0 Å². The van der Waals surface area contributed by atoms with Crippen molar-refractivity contribution in [3.63, 3.8) is 0 Å². The summed E-state index contributed by atoms with van der Waals surface area (Å²) in [4.78, 5) is 12.0. The summed E-state index contributed by atoms with van der Waals surface area (Å²) in [6, 6.07) is 9.11. The number of nitrogens with two attached hydrogens (primary N) is 1. The number of aryl methyl sites for hydroxylation is 1. The van der Waals surface area contributed by atoms with Crippen LogP contribution in [-0.2, 0) is 0 Å². The minimum Gasteiger partial charge on any atom is -0.508 e. The van der Waals surface area contributed by atoms with Crippen molar-refractivity contribution in [3.8, 4) is 28.4 Å². The largest absolute Gasteiger partial charge is 0.508 e. The van der Waals surface area contributed by atoms with Crippen LogP contribution in [0.3, 0.4) is 0 Å². The molecule has 2 aromatic carbocycles. The highest BCUT2D eigenvalue weighted by atomic mass is 32.1. The average Bonchev–Trinajstić information content (AvgIpc) is 3.13. The minimum absolute atomic E-state index is 0.0684. The van der Waals surface area contributed by atoms with Crippen LogP contribution in [0.25, 0.3) is 27.8 Å². The van der Waals surface area contributed by atoms with Gasteiger partial charge in [0.05, 0.1) is 5.52 Å². The van der Waals surface area contributed by atoms with Crippen molar-refractivity contribution < 1.29 is 15.0 Å². The van der Waals surface area contributed by atoms with Crippen molar-refractivity contribution in [2.75, 3.05) is 0 Å². The fraction of sp³-hybridized carbons (Fsp3) is 0.105. The third-order valence-electron chi connectivity index (χ3n) is 4.85. The highest BCUT2D eigenvalue weighted by molar-refractivity contribution is 7.80. The standard InChI is InChI=1S/C19H17N5O3S/c1-9-10(2)23(19(20)27)14-5-3-4-12(16(9)14)17-18(28)21-22-24(17)13-7-6-11(25)8-15(13)26/h3-8,25-26,28H,1-2H3,(H2,20,27). The number of phenolic OH excluding ortho intramolecular Hbond substituents is 2. The summed E-state index contributed by atoms with van der Waals surface area (Å²) >= 11 is 4.44. The molecule has 0 unspecified atom stereocenters. The second-order valence-corrected chi connectivity index (χ2v) is 6.85. The molecule has 28 heavy (non-hydrogen) atoms. The molecular formula is C19H17N5O3S. The maximum atomic E-state index is 12.0. The normalized spacial score (nSPS) is 11.2. The SMILES string of the molecule is Cc1c(C)n(C(N)=O)c2cccc(-c3c(S)nnn3-c3ccc(O)cc3O)c12. The number of carbonyl (C=O) groups is 1. The Labute approximate surface area is 165 Å². The summed E-state index contributed by atoms with van der Waals surface area (Å²) < 4.78 is 2.90. The minimum atomic E-state index is -0.568. The first-order valence-electron chi connectivity index (χ1n) is 8.39. The quantitative estimate of drug-likeness (QED) is 0.389. The Bertz CT molecular complexity index is 1260. The van der Waals surface area contributed by atoms with Crippen LogP contribution in [-0.4, -0.2) is 35.8 Å². The second kappa shape index (κ2) is 6.31. The number of aromatic nitrogens is 4. The highest BCUT2D eigenvalue weighted by Gasteiger charge is 2.23. The molecule has 2 heterocycles. The topological polar surface area (TPSA) is 119 Å². The number of hydrogen-bond acceptors (Lipinski definition) is 6. The molecule has 0 spiro atoms. The second-order valence-electron chi connectivity index (χ2n) is 6.43. The van der Waals surface area contributed by atoms with Crippen LogP contribution >= 0.6 is 12.6 Å². The van der Waals surface area contributed by atoms with Gasteiger partial charge in [-0.15, -0.1) is 17.7 Å². The number of primary amides is 1. The molecule has 142 valence electrons. The van der Waals surface area contributed by atoms with Gasteiger partial charge >= 0.3 is 6.03 Å². The lowest BCUT2D eigenvalue weighted by Crippen LogP contribution is -2.20. The van der Waals surface area contributed by atoms with E-state index < -0.39 is 6.03 Å². The Morgan fingerprint density at radius 1 is 1.18 bits per heavy atom. The van der Waals surface area contributed by atoms with E-state index >= 15 is 0 Å². The van der Waals surface area contributed by atoms with Gasteiger partial charge in [0.1, 0.15) is 27.9 Å². The molecule has 2 aromatic heterocycles. The van der Waals surface area contributed by atoms with Crippen molar-refractivity contribution >= 4 is 29.6 Å². The van der Waals surface area contributed by atoms with Crippen LogP contribution in [0, 0.1) is 13.8 Å². The summed E-state index contributed by atoms with van der Waals surface area (Å²) in [5, 5.41) is 29.2. The third kappa shape index (κ3) is 2.51. The van der Waals surface area contributed by atoms with Gasteiger partial charge in [0, 0.05) is 22.7 Å². The summed E-state index contributed by atoms with van der Waals surface area (Å²) in [5.74, 6) is -0.226. The lowest BCUT2D eigenvalue weighted by Gasteiger charge is -2.11. The number of benzene rings is 2. The van der Waals surface area contributed by atoms with Gasteiger partial charge in [0.2, 0.25) is 0 Å². The third-order valence-corrected chi connectivity index (χ3v) is 5.15. The number of fused-ring (bicyclic) bond motifs is 1. The van der Waals surface area contributed by atoms with Crippen LogP contribution in [0.15, 0.2) is 41.4 Å². The fourth-order valence-corrected chi connectivity index (χ4v) is 3.75. The van der Waals surface area contributed by atoms with E-state index in [4.69, 9.17) is 5.73 Å². The summed E-state index contributed by atoms with van der Waals surface area (Å²) in [6.45, 7) is 3.73. The van der Waals surface area contributed by atoms with Crippen LogP contribution in [0.2, 0.25) is 0 Å². The number of phenols is 2. The number of nitrogens with zero attached hydrogens (tertiary/aromatic N) is 4. The molecule has 8 nitrogen and oxygen atoms in total. The molecule has 0 saturated carbocycles. The number of carbonyl (C=O) groups excluding carboxylic acids is 1. The predicted molar refractivity (Wildman–Crippen MR) is 107 cm³/mol. The zero-order chi connectivity index (χ0) is 20.2. The van der Waals surface area contributed by atoms with Gasteiger partial charge in [-0.05, 0) is 37.6 Å². The molecule has 0 bridgehead atoms. The monoisotopic (exact) mass is 395 g/mol. The van der Waals surface area contributed by atoms with E-state index in [0.29, 0.717) is 21.9 Å². The van der Waals surface area contributed by atoms with E-state index in [1.807, 2.05) is 26.0 Å². The van der Waals surface area contributed by atoms with E-state index in [9.17, 15) is 15.0 Å². The summed E-state index contributed by atoms with van der Waals surface area (Å²) in [7, 11) is 0. The number of rotatable bonds is 2. The van der Waals surface area contributed by atoms with Gasteiger partial charge in [-0.2, -0.15) is 0 Å². The van der Waals surface area contributed by atoms with Crippen molar-refractivity contribution in [2.24, 2.45) is 5.73 Å². The lowest BCUT2D eigenvalue weighted by atomic mass is 10.0. The summed E-state index contributed by atoms with van der Waals surface area (Å²) in [5.41, 5.74) is 9.47. The van der Waals surface area contributed by atoms with Crippen LogP contribution < -0.4 is 5.73 Å². The number of aromatic hydroxyl groups is 2. The first-order chi connectivity index (χ1) is 13.3. The Kier molecular flexibility index (Phi) is 4.04. The van der Waals surface area contributed by atoms with Crippen LogP contribution in [0.4, 0.5) is 4.79 Å². The van der Waals surface area contributed by atoms with Crippen molar-refractivity contribution in [3.05, 3.63) is 47.7 Å². The van der Waals surface area contributed by atoms with E-state index in [1.54, 1.807) is 6.07 Å². The predicted octanol–water partition coefficient (Wildman–Crippen LogP) is 3.13. The molecule has 0 aliphatic rings. The molecular weight excluding hydrogens is 378 g/mol. The summed E-state index contributed by atoms with van der Waals surface area (Å²) in [6.07, 6.45) is 0. The van der Waals surface area contributed by atoms with Crippen LogP contribution in [0.1, 0.15) is 11.3 Å². The highest BCUT2D eigenvalue weighted by Crippen LogP contribution is 2.38. The maximum absolute atomic E-state index is 12.0. The molecule has 0 aliphatic heterocycles. The Morgan fingerprint density at radius 3 is 2.61 bits per heavy atom. The molecule has 0 saturated heterocycles. The Hall–Kier alpha value is -3.46. The lowest BCUT2D eigenvalue weighted by molar-refractivity contribution is 0.251. The zero-order valence-electron chi connectivity index (χ0n) is 15.1. The molecule has 0 aliphatic carbocycles. The van der Waals surface area contributed by atoms with Gasteiger partial charge in [0.15, 0.2) is 0 Å². The molecule has 0 fully saturated rings. The fourth-order valence-electron chi connectivity index (χ4n) is 3.50. The van der Waals surface area contributed by atoms with Gasteiger partial charge in [-0.1, -0.05) is 17.3 Å².